The van der Waals surface area contributed by atoms with E-state index >= 15 is 0 Å². The van der Waals surface area contributed by atoms with Crippen LogP contribution in [0.4, 0.5) is 0 Å². The highest BCUT2D eigenvalue weighted by Crippen LogP contribution is 2.04. The zero-order valence-electron chi connectivity index (χ0n) is 5.76. The van der Waals surface area contributed by atoms with Crippen molar-refractivity contribution in [2.45, 2.75) is 13.5 Å². The number of nitrogens with zero attached hydrogens (tertiary/aromatic N) is 1. The summed E-state index contributed by atoms with van der Waals surface area (Å²) in [4.78, 5) is 0. The molecule has 0 aliphatic carbocycles. The van der Waals surface area contributed by atoms with Crippen molar-refractivity contribution in [2.24, 2.45) is 7.05 Å². The maximum absolute atomic E-state index is 8.66. The molecule has 0 saturated carbocycles. The Hall–Kier alpha value is -0.760. The van der Waals surface area contributed by atoms with Gasteiger partial charge in [0.25, 0.3) is 0 Å². The SMILES string of the molecule is Cc1cc(CO)cn1C. The predicted octanol–water partition coefficient (Wildman–Crippen LogP) is 0.826. The summed E-state index contributed by atoms with van der Waals surface area (Å²) < 4.78 is 1.99. The molecule has 0 saturated heterocycles. The van der Waals surface area contributed by atoms with Crippen molar-refractivity contribution in [3.8, 4) is 0 Å². The van der Waals surface area contributed by atoms with Crippen LogP contribution in [0.3, 0.4) is 0 Å². The molecule has 0 amide bonds. The first-order valence-electron chi connectivity index (χ1n) is 2.96. The second-order valence-electron chi connectivity index (χ2n) is 2.26. The largest absolute Gasteiger partial charge is 0.392 e. The zero-order chi connectivity index (χ0) is 6.85. The molecule has 0 fully saturated rings. The molecule has 0 aliphatic heterocycles. The fourth-order valence-electron chi connectivity index (χ4n) is 0.844. The molecule has 0 atom stereocenters. The fourth-order valence-corrected chi connectivity index (χ4v) is 0.844. The molecule has 0 bridgehead atoms. The van der Waals surface area contributed by atoms with Gasteiger partial charge in [0.05, 0.1) is 6.61 Å². The Bertz CT molecular complexity index is 183. The third-order valence-electron chi connectivity index (χ3n) is 1.49. The van der Waals surface area contributed by atoms with Crippen LogP contribution in [0, 0.1) is 6.92 Å². The summed E-state index contributed by atoms with van der Waals surface area (Å²) in [6, 6.07) is 1.97. The van der Waals surface area contributed by atoms with Gasteiger partial charge in [0.2, 0.25) is 0 Å². The van der Waals surface area contributed by atoms with Crippen LogP contribution in [0.1, 0.15) is 11.3 Å². The number of hydrogen-bond donors (Lipinski definition) is 1. The number of aliphatic hydroxyl groups is 1. The van der Waals surface area contributed by atoms with E-state index in [1.807, 2.05) is 30.8 Å². The summed E-state index contributed by atoms with van der Waals surface area (Å²) >= 11 is 0. The minimum absolute atomic E-state index is 0.141. The van der Waals surface area contributed by atoms with Crippen molar-refractivity contribution in [3.63, 3.8) is 0 Å². The predicted molar refractivity (Wildman–Crippen MR) is 36.1 cm³/mol. The lowest BCUT2D eigenvalue weighted by Gasteiger charge is -1.90. The van der Waals surface area contributed by atoms with E-state index in [2.05, 4.69) is 0 Å². The van der Waals surface area contributed by atoms with Gasteiger partial charge in [-0.2, -0.15) is 0 Å². The third-order valence-corrected chi connectivity index (χ3v) is 1.49. The van der Waals surface area contributed by atoms with Gasteiger partial charge in [0, 0.05) is 18.9 Å². The molecule has 0 aromatic carbocycles. The molecule has 1 rings (SSSR count). The Kier molecular flexibility index (Phi) is 1.58. The van der Waals surface area contributed by atoms with E-state index in [9.17, 15) is 0 Å². The second kappa shape index (κ2) is 2.23. The van der Waals surface area contributed by atoms with E-state index in [-0.39, 0.29) is 6.61 Å². The molecular weight excluding hydrogens is 114 g/mol. The van der Waals surface area contributed by atoms with Crippen molar-refractivity contribution < 1.29 is 5.11 Å². The summed E-state index contributed by atoms with van der Waals surface area (Å²) in [6.07, 6.45) is 1.93. The van der Waals surface area contributed by atoms with Gasteiger partial charge in [-0.15, -0.1) is 0 Å². The summed E-state index contributed by atoms with van der Waals surface area (Å²) in [5.41, 5.74) is 2.16. The Morgan fingerprint density at radius 1 is 1.67 bits per heavy atom. The monoisotopic (exact) mass is 125 g/mol. The highest BCUT2D eigenvalue weighted by atomic mass is 16.3. The third kappa shape index (κ3) is 1.13. The van der Waals surface area contributed by atoms with Crippen LogP contribution in [0.5, 0.6) is 0 Å². The van der Waals surface area contributed by atoms with Gasteiger partial charge in [-0.3, -0.25) is 0 Å². The molecule has 1 aromatic heterocycles. The fraction of sp³-hybridized carbons (Fsp3) is 0.429. The minimum atomic E-state index is 0.141. The molecule has 0 aliphatic rings. The number of rotatable bonds is 1. The molecule has 0 unspecified atom stereocenters. The first-order chi connectivity index (χ1) is 4.24. The molecule has 9 heavy (non-hydrogen) atoms. The summed E-state index contributed by atoms with van der Waals surface area (Å²) in [5.74, 6) is 0. The van der Waals surface area contributed by atoms with Crippen LogP contribution in [-0.2, 0) is 13.7 Å². The smallest absolute Gasteiger partial charge is 0.0696 e. The topological polar surface area (TPSA) is 25.2 Å². The van der Waals surface area contributed by atoms with E-state index in [1.165, 1.54) is 5.69 Å². The second-order valence-corrected chi connectivity index (χ2v) is 2.26. The van der Waals surface area contributed by atoms with E-state index in [1.54, 1.807) is 0 Å². The normalized spacial score (nSPS) is 10.1. The number of aryl methyl sites for hydroxylation is 2. The Morgan fingerprint density at radius 3 is 2.56 bits per heavy atom. The molecular formula is C7H11NO. The van der Waals surface area contributed by atoms with Crippen LogP contribution < -0.4 is 0 Å². The molecule has 1 N–H and O–H groups in total. The number of hydrogen-bond acceptors (Lipinski definition) is 1. The van der Waals surface area contributed by atoms with Gasteiger partial charge in [-0.05, 0) is 18.6 Å². The lowest BCUT2D eigenvalue weighted by Crippen LogP contribution is -1.85. The van der Waals surface area contributed by atoms with Crippen molar-refractivity contribution in [1.29, 1.82) is 0 Å². The van der Waals surface area contributed by atoms with Gasteiger partial charge >= 0.3 is 0 Å². The Balaban J connectivity index is 2.98. The lowest BCUT2D eigenvalue weighted by molar-refractivity contribution is 0.282. The first kappa shape index (κ1) is 6.36. The van der Waals surface area contributed by atoms with E-state index in [0.717, 1.165) is 5.56 Å². The van der Waals surface area contributed by atoms with Crippen molar-refractivity contribution in [2.75, 3.05) is 0 Å². The minimum Gasteiger partial charge on any atom is -0.392 e. The standard InChI is InChI=1S/C7H11NO/c1-6-3-7(5-9)4-8(6)2/h3-4,9H,5H2,1-2H3. The Labute approximate surface area is 54.7 Å². The molecule has 0 radical (unpaired) electrons. The van der Waals surface area contributed by atoms with Crippen LogP contribution in [-0.4, -0.2) is 9.67 Å². The van der Waals surface area contributed by atoms with Crippen LogP contribution >= 0.6 is 0 Å². The number of aliphatic hydroxyl groups excluding tert-OH is 1. The van der Waals surface area contributed by atoms with Gasteiger partial charge < -0.3 is 9.67 Å². The van der Waals surface area contributed by atoms with Gasteiger partial charge in [-0.1, -0.05) is 0 Å². The maximum Gasteiger partial charge on any atom is 0.0696 e. The van der Waals surface area contributed by atoms with E-state index < -0.39 is 0 Å². The number of aromatic nitrogens is 1. The first-order valence-corrected chi connectivity index (χ1v) is 2.96. The van der Waals surface area contributed by atoms with Crippen LogP contribution in [0.15, 0.2) is 12.3 Å². The zero-order valence-corrected chi connectivity index (χ0v) is 5.76. The van der Waals surface area contributed by atoms with Gasteiger partial charge in [-0.25, -0.2) is 0 Å². The molecule has 1 heterocycles. The average Bonchev–Trinajstić information content (AvgIpc) is 2.13. The van der Waals surface area contributed by atoms with Crippen LogP contribution in [0.25, 0.3) is 0 Å². The highest BCUT2D eigenvalue weighted by molar-refractivity contribution is 5.15. The highest BCUT2D eigenvalue weighted by Gasteiger charge is 1.94. The molecule has 2 nitrogen and oxygen atoms in total. The summed E-state index contributed by atoms with van der Waals surface area (Å²) in [7, 11) is 1.97. The van der Waals surface area contributed by atoms with Crippen molar-refractivity contribution >= 4 is 0 Å². The maximum atomic E-state index is 8.66. The van der Waals surface area contributed by atoms with Crippen molar-refractivity contribution in [3.05, 3.63) is 23.5 Å². The quantitative estimate of drug-likeness (QED) is 0.590. The summed E-state index contributed by atoms with van der Waals surface area (Å²) in [5, 5.41) is 8.66. The lowest BCUT2D eigenvalue weighted by atomic mass is 10.3. The van der Waals surface area contributed by atoms with E-state index in [4.69, 9.17) is 5.11 Å². The Morgan fingerprint density at radius 2 is 2.33 bits per heavy atom. The molecule has 50 valence electrons. The van der Waals surface area contributed by atoms with E-state index in [0.29, 0.717) is 0 Å². The van der Waals surface area contributed by atoms with Crippen molar-refractivity contribution in [1.82, 2.24) is 4.57 Å². The van der Waals surface area contributed by atoms with Gasteiger partial charge in [0.1, 0.15) is 0 Å². The van der Waals surface area contributed by atoms with Gasteiger partial charge in [0.15, 0.2) is 0 Å². The molecule has 1 aromatic rings. The molecule has 0 spiro atoms. The summed E-state index contributed by atoms with van der Waals surface area (Å²) in [6.45, 7) is 2.15. The molecule has 2 heteroatoms. The average molecular weight is 125 g/mol. The van der Waals surface area contributed by atoms with Crippen LogP contribution in [0.2, 0.25) is 0 Å².